The number of carboxylic acids is 1. The van der Waals surface area contributed by atoms with Gasteiger partial charge in [0.15, 0.2) is 0 Å². The summed E-state index contributed by atoms with van der Waals surface area (Å²) in [6.07, 6.45) is -5.10. The van der Waals surface area contributed by atoms with Crippen LogP contribution >= 0.6 is 0 Å². The van der Waals surface area contributed by atoms with E-state index in [1.54, 1.807) is 24.3 Å². The smallest absolute Gasteiger partial charge is 0.416 e. The standard InChI is InChI=1S/C40H31F3N4O5/c1-25-6-10-27(11-7-25)28-14-16-30(17-15-28)38-45-37(46-52-38)29-12-8-26(9-13-29)23-47(24-36(49)50)39(51)31-18-20-33(21-19-31)44-35(48)22-32-4-2-3-5-34(32)40(41,42)43/h2-21H,22-24H2,1H3,(H,44,48)(H,49,50). The molecule has 2 N–H and O–H groups in total. The highest BCUT2D eigenvalue weighted by Gasteiger charge is 2.33. The minimum absolute atomic E-state index is 0.0205. The molecule has 0 unspecified atom stereocenters. The van der Waals surface area contributed by atoms with E-state index in [-0.39, 0.29) is 23.4 Å². The monoisotopic (exact) mass is 704 g/mol. The number of halogens is 3. The lowest BCUT2D eigenvalue weighted by atomic mass is 10.0. The summed E-state index contributed by atoms with van der Waals surface area (Å²) in [5.74, 6) is -1.74. The van der Waals surface area contributed by atoms with Crippen LogP contribution in [-0.4, -0.2) is 44.5 Å². The number of carbonyl (C=O) groups is 3. The Bertz CT molecular complexity index is 2200. The summed E-state index contributed by atoms with van der Waals surface area (Å²) in [5.41, 5.74) is 4.77. The summed E-state index contributed by atoms with van der Waals surface area (Å²) < 4.78 is 45.5. The summed E-state index contributed by atoms with van der Waals surface area (Å²) in [5, 5.41) is 16.2. The van der Waals surface area contributed by atoms with Gasteiger partial charge in [-0.3, -0.25) is 14.4 Å². The number of aliphatic carboxylic acids is 1. The van der Waals surface area contributed by atoms with Crippen LogP contribution in [0, 0.1) is 6.92 Å². The molecule has 0 saturated carbocycles. The molecule has 0 atom stereocenters. The van der Waals surface area contributed by atoms with Crippen LogP contribution in [0.4, 0.5) is 18.9 Å². The van der Waals surface area contributed by atoms with Crippen molar-refractivity contribution in [3.8, 4) is 34.0 Å². The highest BCUT2D eigenvalue weighted by molar-refractivity contribution is 5.97. The number of carbonyl (C=O) groups excluding carboxylic acids is 2. The molecule has 12 heteroatoms. The van der Waals surface area contributed by atoms with Crippen molar-refractivity contribution < 1.29 is 37.2 Å². The van der Waals surface area contributed by atoms with Gasteiger partial charge in [-0.25, -0.2) is 0 Å². The van der Waals surface area contributed by atoms with Crippen LogP contribution in [0.25, 0.3) is 34.0 Å². The lowest BCUT2D eigenvalue weighted by Gasteiger charge is -2.21. The lowest BCUT2D eigenvalue weighted by Crippen LogP contribution is -2.35. The summed E-state index contributed by atoms with van der Waals surface area (Å²) >= 11 is 0. The SMILES string of the molecule is Cc1ccc(-c2ccc(-c3nc(-c4ccc(CN(CC(=O)O)C(=O)c5ccc(NC(=O)Cc6ccccc6C(F)(F)F)cc5)cc4)no3)cc2)cc1. The van der Waals surface area contributed by atoms with Crippen molar-refractivity contribution in [1.82, 2.24) is 15.0 Å². The fraction of sp³-hybridized carbons (Fsp3) is 0.125. The first-order valence-electron chi connectivity index (χ1n) is 16.1. The molecule has 6 rings (SSSR count). The number of aryl methyl sites for hydroxylation is 1. The first-order valence-corrected chi connectivity index (χ1v) is 16.1. The Morgan fingerprint density at radius 1 is 0.769 bits per heavy atom. The van der Waals surface area contributed by atoms with E-state index in [0.29, 0.717) is 22.8 Å². The van der Waals surface area contributed by atoms with Crippen LogP contribution in [0.5, 0.6) is 0 Å². The Morgan fingerprint density at radius 3 is 2.00 bits per heavy atom. The normalized spacial score (nSPS) is 11.2. The average molecular weight is 705 g/mol. The molecule has 5 aromatic carbocycles. The molecule has 1 heterocycles. The average Bonchev–Trinajstić information content (AvgIpc) is 3.62. The molecule has 2 amide bonds. The van der Waals surface area contributed by atoms with Crippen molar-refractivity contribution in [2.45, 2.75) is 26.1 Å². The fourth-order valence-corrected chi connectivity index (χ4v) is 5.56. The van der Waals surface area contributed by atoms with Gasteiger partial charge in [-0.15, -0.1) is 0 Å². The molecule has 0 spiro atoms. The molecule has 0 saturated heterocycles. The van der Waals surface area contributed by atoms with Crippen molar-refractivity contribution in [2.24, 2.45) is 0 Å². The summed E-state index contributed by atoms with van der Waals surface area (Å²) in [7, 11) is 0. The first-order chi connectivity index (χ1) is 24.9. The van der Waals surface area contributed by atoms with Gasteiger partial charge in [-0.2, -0.15) is 18.2 Å². The highest BCUT2D eigenvalue weighted by Crippen LogP contribution is 2.32. The second-order valence-corrected chi connectivity index (χ2v) is 12.1. The fourth-order valence-electron chi connectivity index (χ4n) is 5.56. The van der Waals surface area contributed by atoms with Gasteiger partial charge in [0.1, 0.15) is 6.54 Å². The zero-order valence-electron chi connectivity index (χ0n) is 27.7. The van der Waals surface area contributed by atoms with Crippen LogP contribution in [0.3, 0.4) is 0 Å². The van der Waals surface area contributed by atoms with Gasteiger partial charge in [0.2, 0.25) is 11.7 Å². The molecule has 52 heavy (non-hydrogen) atoms. The quantitative estimate of drug-likeness (QED) is 0.139. The summed E-state index contributed by atoms with van der Waals surface area (Å²) in [4.78, 5) is 43.3. The third-order valence-corrected chi connectivity index (χ3v) is 8.23. The van der Waals surface area contributed by atoms with Gasteiger partial charge in [0.25, 0.3) is 11.8 Å². The van der Waals surface area contributed by atoms with E-state index in [2.05, 4.69) is 39.7 Å². The molecule has 0 bridgehead atoms. The number of rotatable bonds is 11. The Balaban J connectivity index is 1.09. The number of alkyl halides is 3. The minimum Gasteiger partial charge on any atom is -0.480 e. The van der Waals surface area contributed by atoms with Crippen molar-refractivity contribution >= 4 is 23.5 Å². The Hall–Kier alpha value is -6.56. The number of aromatic nitrogens is 2. The van der Waals surface area contributed by atoms with Gasteiger partial charge in [-0.05, 0) is 71.6 Å². The van der Waals surface area contributed by atoms with Gasteiger partial charge in [0.05, 0.1) is 12.0 Å². The number of nitrogens with zero attached hydrogens (tertiary/aromatic N) is 3. The Labute approximate surface area is 296 Å². The Morgan fingerprint density at radius 2 is 1.37 bits per heavy atom. The van der Waals surface area contributed by atoms with E-state index < -0.39 is 42.5 Å². The van der Waals surface area contributed by atoms with E-state index in [9.17, 15) is 32.7 Å². The number of carboxylic acid groups (broad SMARTS) is 1. The van der Waals surface area contributed by atoms with E-state index in [0.717, 1.165) is 27.7 Å². The number of hydrogen-bond donors (Lipinski definition) is 2. The maximum absolute atomic E-state index is 13.4. The number of anilines is 1. The van der Waals surface area contributed by atoms with Crippen LogP contribution in [0.15, 0.2) is 126 Å². The topological polar surface area (TPSA) is 126 Å². The van der Waals surface area contributed by atoms with E-state index in [1.807, 2.05) is 31.2 Å². The van der Waals surface area contributed by atoms with Crippen molar-refractivity contribution in [3.63, 3.8) is 0 Å². The molecule has 0 aliphatic rings. The molecule has 9 nitrogen and oxygen atoms in total. The zero-order chi connectivity index (χ0) is 36.8. The highest BCUT2D eigenvalue weighted by atomic mass is 19.4. The van der Waals surface area contributed by atoms with Gasteiger partial charge in [-0.1, -0.05) is 89.6 Å². The molecule has 1 aromatic heterocycles. The molecular formula is C40H31F3N4O5. The van der Waals surface area contributed by atoms with Gasteiger partial charge in [0, 0.05) is 28.9 Å². The Kier molecular flexibility index (Phi) is 10.3. The predicted molar refractivity (Wildman–Crippen MR) is 188 cm³/mol. The molecule has 6 aromatic rings. The van der Waals surface area contributed by atoms with Gasteiger partial charge < -0.3 is 19.8 Å². The molecule has 0 aliphatic carbocycles. The number of nitrogens with one attached hydrogen (secondary N) is 1. The maximum atomic E-state index is 13.4. The van der Waals surface area contributed by atoms with Crippen molar-refractivity contribution in [1.29, 1.82) is 0 Å². The van der Waals surface area contributed by atoms with Crippen LogP contribution in [0.1, 0.15) is 32.6 Å². The van der Waals surface area contributed by atoms with Crippen molar-refractivity contribution in [3.05, 3.63) is 149 Å². The number of hydrogen-bond acceptors (Lipinski definition) is 6. The lowest BCUT2D eigenvalue weighted by molar-refractivity contribution is -0.139. The molecule has 0 fully saturated rings. The second kappa shape index (κ2) is 15.1. The molecule has 0 aliphatic heterocycles. The van der Waals surface area contributed by atoms with Crippen LogP contribution < -0.4 is 5.32 Å². The maximum Gasteiger partial charge on any atom is 0.416 e. The van der Waals surface area contributed by atoms with Crippen LogP contribution in [-0.2, 0) is 28.7 Å². The molecule has 0 radical (unpaired) electrons. The molecule has 262 valence electrons. The van der Waals surface area contributed by atoms with Crippen LogP contribution in [0.2, 0.25) is 0 Å². The van der Waals surface area contributed by atoms with Crippen molar-refractivity contribution in [2.75, 3.05) is 11.9 Å². The van der Waals surface area contributed by atoms with E-state index >= 15 is 0 Å². The summed E-state index contributed by atoms with van der Waals surface area (Å²) in [6.45, 7) is 1.44. The largest absolute Gasteiger partial charge is 0.480 e. The zero-order valence-corrected chi connectivity index (χ0v) is 27.7. The van der Waals surface area contributed by atoms with Gasteiger partial charge >= 0.3 is 12.1 Å². The predicted octanol–water partition coefficient (Wildman–Crippen LogP) is 8.31. The first kappa shape index (κ1) is 35.3. The second-order valence-electron chi connectivity index (χ2n) is 12.1. The van der Waals surface area contributed by atoms with E-state index in [4.69, 9.17) is 4.52 Å². The number of benzene rings is 5. The molecular weight excluding hydrogens is 673 g/mol. The third kappa shape index (κ3) is 8.59. The minimum atomic E-state index is -4.60. The van der Waals surface area contributed by atoms with E-state index in [1.165, 1.54) is 48.0 Å². The third-order valence-electron chi connectivity index (χ3n) is 8.23. The summed E-state index contributed by atoms with van der Waals surface area (Å²) in [6, 6.07) is 33.5. The number of amides is 2.